The Morgan fingerprint density at radius 2 is 2.24 bits per heavy atom. The minimum absolute atomic E-state index is 0.0527. The van der Waals surface area contributed by atoms with Gasteiger partial charge in [-0.3, -0.25) is 4.79 Å². The number of para-hydroxylation sites is 1. The summed E-state index contributed by atoms with van der Waals surface area (Å²) in [7, 11) is 0. The number of benzene rings is 1. The van der Waals surface area contributed by atoms with E-state index < -0.39 is 0 Å². The van der Waals surface area contributed by atoms with Gasteiger partial charge in [-0.25, -0.2) is 4.98 Å². The number of nitrogens with one attached hydrogen (secondary N) is 1. The van der Waals surface area contributed by atoms with E-state index in [4.69, 9.17) is 16.3 Å². The zero-order valence-electron chi connectivity index (χ0n) is 12.4. The second-order valence-corrected chi connectivity index (χ2v) is 4.94. The number of hydrogen-bond acceptors (Lipinski definition) is 3. The average Bonchev–Trinajstić information content (AvgIpc) is 2.84. The standard InChI is InChI=1S/C15H20ClN3O2/c1-3-8-21-12-7-5-6-11-15(12)18-13(9-16)19(11)10-14(20)17-4-2/h5-7H,3-4,8-10H2,1-2H3,(H,17,20). The molecule has 0 aliphatic rings. The van der Waals surface area contributed by atoms with E-state index in [0.717, 1.165) is 23.2 Å². The van der Waals surface area contributed by atoms with Gasteiger partial charge in [0.05, 0.1) is 18.0 Å². The smallest absolute Gasteiger partial charge is 0.239 e. The largest absolute Gasteiger partial charge is 0.491 e. The van der Waals surface area contributed by atoms with Gasteiger partial charge in [0, 0.05) is 6.54 Å². The van der Waals surface area contributed by atoms with Crippen LogP contribution in [0.4, 0.5) is 0 Å². The van der Waals surface area contributed by atoms with Crippen LogP contribution in [-0.4, -0.2) is 28.6 Å². The molecule has 1 N–H and O–H groups in total. The maximum atomic E-state index is 11.8. The number of ether oxygens (including phenoxy) is 1. The Balaban J connectivity index is 2.41. The van der Waals surface area contributed by atoms with Crippen LogP contribution >= 0.6 is 11.6 Å². The van der Waals surface area contributed by atoms with Crippen LogP contribution in [-0.2, 0) is 17.2 Å². The molecule has 114 valence electrons. The third-order valence-corrected chi connectivity index (χ3v) is 3.32. The highest BCUT2D eigenvalue weighted by Crippen LogP contribution is 2.26. The van der Waals surface area contributed by atoms with Crippen molar-refractivity contribution in [2.45, 2.75) is 32.7 Å². The average molecular weight is 310 g/mol. The van der Waals surface area contributed by atoms with Crippen molar-refractivity contribution in [2.75, 3.05) is 13.2 Å². The summed E-state index contributed by atoms with van der Waals surface area (Å²) in [5.41, 5.74) is 1.62. The Hall–Kier alpha value is -1.75. The molecule has 0 bridgehead atoms. The third kappa shape index (κ3) is 3.47. The maximum absolute atomic E-state index is 11.8. The SMILES string of the molecule is CCCOc1cccc2c1nc(CCl)n2CC(=O)NCC. The highest BCUT2D eigenvalue weighted by molar-refractivity contribution is 6.17. The van der Waals surface area contributed by atoms with Crippen LogP contribution in [0.5, 0.6) is 5.75 Å². The van der Waals surface area contributed by atoms with Gasteiger partial charge in [0.1, 0.15) is 23.6 Å². The van der Waals surface area contributed by atoms with Crippen LogP contribution < -0.4 is 10.1 Å². The molecule has 0 unspecified atom stereocenters. The van der Waals surface area contributed by atoms with Crippen molar-refractivity contribution in [2.24, 2.45) is 0 Å². The lowest BCUT2D eigenvalue weighted by Crippen LogP contribution is -2.27. The van der Waals surface area contributed by atoms with E-state index in [0.29, 0.717) is 19.0 Å². The molecule has 5 nitrogen and oxygen atoms in total. The molecular weight excluding hydrogens is 290 g/mol. The molecule has 2 aromatic rings. The predicted molar refractivity (Wildman–Crippen MR) is 83.8 cm³/mol. The molecule has 0 fully saturated rings. The van der Waals surface area contributed by atoms with Crippen molar-refractivity contribution in [1.29, 1.82) is 0 Å². The number of alkyl halides is 1. The summed E-state index contributed by atoms with van der Waals surface area (Å²) < 4.78 is 7.55. The number of aromatic nitrogens is 2. The van der Waals surface area contributed by atoms with E-state index in [2.05, 4.69) is 17.2 Å². The lowest BCUT2D eigenvalue weighted by molar-refractivity contribution is -0.121. The second kappa shape index (κ2) is 7.31. The first-order valence-electron chi connectivity index (χ1n) is 7.14. The topological polar surface area (TPSA) is 56.2 Å². The summed E-state index contributed by atoms with van der Waals surface area (Å²) in [5, 5.41) is 2.79. The van der Waals surface area contributed by atoms with Crippen LogP contribution in [0.25, 0.3) is 11.0 Å². The lowest BCUT2D eigenvalue weighted by atomic mass is 10.3. The highest BCUT2D eigenvalue weighted by atomic mass is 35.5. The van der Waals surface area contributed by atoms with Crippen molar-refractivity contribution >= 4 is 28.5 Å². The van der Waals surface area contributed by atoms with E-state index >= 15 is 0 Å². The number of hydrogen-bond donors (Lipinski definition) is 1. The monoisotopic (exact) mass is 309 g/mol. The molecule has 1 aromatic heterocycles. The molecule has 0 aliphatic heterocycles. The van der Waals surface area contributed by atoms with Crippen LogP contribution in [0.2, 0.25) is 0 Å². The first-order valence-corrected chi connectivity index (χ1v) is 7.68. The number of carbonyl (C=O) groups is 1. The Bertz CT molecular complexity index is 625. The summed E-state index contributed by atoms with van der Waals surface area (Å²) in [5.74, 6) is 1.60. The summed E-state index contributed by atoms with van der Waals surface area (Å²) in [4.78, 5) is 16.4. The zero-order valence-corrected chi connectivity index (χ0v) is 13.1. The van der Waals surface area contributed by atoms with E-state index in [1.807, 2.05) is 29.7 Å². The number of halogens is 1. The summed E-state index contributed by atoms with van der Waals surface area (Å²) in [6, 6.07) is 5.72. The number of carbonyl (C=O) groups excluding carboxylic acids is 1. The summed E-state index contributed by atoms with van der Waals surface area (Å²) >= 11 is 5.96. The maximum Gasteiger partial charge on any atom is 0.239 e. The van der Waals surface area contributed by atoms with Crippen molar-refractivity contribution < 1.29 is 9.53 Å². The molecule has 0 saturated carbocycles. The highest BCUT2D eigenvalue weighted by Gasteiger charge is 2.15. The third-order valence-electron chi connectivity index (χ3n) is 3.08. The number of fused-ring (bicyclic) bond motifs is 1. The van der Waals surface area contributed by atoms with Gasteiger partial charge in [-0.15, -0.1) is 11.6 Å². The van der Waals surface area contributed by atoms with Gasteiger partial charge in [0.25, 0.3) is 0 Å². The Morgan fingerprint density at radius 3 is 2.90 bits per heavy atom. The molecule has 1 amide bonds. The fourth-order valence-corrected chi connectivity index (χ4v) is 2.38. The van der Waals surface area contributed by atoms with Gasteiger partial charge in [0.2, 0.25) is 5.91 Å². The molecule has 0 spiro atoms. The molecule has 0 aliphatic carbocycles. The van der Waals surface area contributed by atoms with Crippen molar-refractivity contribution in [3.8, 4) is 5.75 Å². The molecule has 1 aromatic carbocycles. The molecule has 1 heterocycles. The van der Waals surface area contributed by atoms with E-state index in [-0.39, 0.29) is 18.3 Å². The van der Waals surface area contributed by atoms with Gasteiger partial charge < -0.3 is 14.6 Å². The number of nitrogens with zero attached hydrogens (tertiary/aromatic N) is 2. The minimum Gasteiger partial charge on any atom is -0.491 e. The molecule has 0 atom stereocenters. The number of amides is 1. The molecule has 21 heavy (non-hydrogen) atoms. The normalized spacial score (nSPS) is 10.8. The van der Waals surface area contributed by atoms with E-state index in [1.165, 1.54) is 0 Å². The van der Waals surface area contributed by atoms with Gasteiger partial charge in [0.15, 0.2) is 0 Å². The van der Waals surface area contributed by atoms with Crippen molar-refractivity contribution in [1.82, 2.24) is 14.9 Å². The molecular formula is C15H20ClN3O2. The van der Waals surface area contributed by atoms with Gasteiger partial charge in [-0.05, 0) is 25.5 Å². The lowest BCUT2D eigenvalue weighted by Gasteiger charge is -2.08. The quantitative estimate of drug-likeness (QED) is 0.800. The molecule has 0 radical (unpaired) electrons. The fourth-order valence-electron chi connectivity index (χ4n) is 2.17. The zero-order chi connectivity index (χ0) is 15.2. The molecule has 2 rings (SSSR count). The van der Waals surface area contributed by atoms with Crippen molar-refractivity contribution in [3.63, 3.8) is 0 Å². The Labute approximate surface area is 129 Å². The first-order chi connectivity index (χ1) is 10.2. The van der Waals surface area contributed by atoms with E-state index in [1.54, 1.807) is 0 Å². The molecule has 0 saturated heterocycles. The van der Waals surface area contributed by atoms with Crippen LogP contribution in [0.1, 0.15) is 26.1 Å². The Morgan fingerprint density at radius 1 is 1.43 bits per heavy atom. The van der Waals surface area contributed by atoms with Gasteiger partial charge >= 0.3 is 0 Å². The van der Waals surface area contributed by atoms with E-state index in [9.17, 15) is 4.79 Å². The second-order valence-electron chi connectivity index (χ2n) is 4.67. The van der Waals surface area contributed by atoms with Crippen LogP contribution in [0, 0.1) is 0 Å². The van der Waals surface area contributed by atoms with Gasteiger partial charge in [-0.2, -0.15) is 0 Å². The predicted octanol–water partition coefficient (Wildman–Crippen LogP) is 2.70. The number of imidazole rings is 1. The number of rotatable bonds is 7. The fraction of sp³-hybridized carbons (Fsp3) is 0.467. The summed E-state index contributed by atoms with van der Waals surface area (Å²) in [6.07, 6.45) is 0.929. The number of likely N-dealkylation sites (N-methyl/N-ethyl adjacent to an activating group) is 1. The Kier molecular flexibility index (Phi) is 5.44. The van der Waals surface area contributed by atoms with Crippen LogP contribution in [0.3, 0.4) is 0 Å². The molecule has 6 heteroatoms. The van der Waals surface area contributed by atoms with Gasteiger partial charge in [-0.1, -0.05) is 13.0 Å². The van der Waals surface area contributed by atoms with Crippen molar-refractivity contribution in [3.05, 3.63) is 24.0 Å². The summed E-state index contributed by atoms with van der Waals surface area (Å²) in [6.45, 7) is 5.40. The van der Waals surface area contributed by atoms with Crippen LogP contribution in [0.15, 0.2) is 18.2 Å². The first kappa shape index (κ1) is 15.6. The minimum atomic E-state index is -0.0527.